The molecule has 1 fully saturated rings. The third-order valence-corrected chi connectivity index (χ3v) is 8.15. The molecule has 0 spiro atoms. The summed E-state index contributed by atoms with van der Waals surface area (Å²) < 4.78 is 1.78. The quantitative estimate of drug-likeness (QED) is 0.222. The Hall–Kier alpha value is -4.11. The number of nitrogens with zero attached hydrogens (tertiary/aromatic N) is 3. The van der Waals surface area contributed by atoms with Gasteiger partial charge in [0.05, 0.1) is 16.4 Å². The van der Waals surface area contributed by atoms with E-state index in [1.165, 1.54) is 16.9 Å². The Bertz CT molecular complexity index is 1480. The molecule has 214 valence electrons. The number of hydrogen-bond donors (Lipinski definition) is 3. The van der Waals surface area contributed by atoms with Crippen LogP contribution in [0.1, 0.15) is 50.4 Å². The van der Waals surface area contributed by atoms with Gasteiger partial charge in [-0.1, -0.05) is 50.6 Å². The summed E-state index contributed by atoms with van der Waals surface area (Å²) in [5.74, 6) is 1.10. The summed E-state index contributed by atoms with van der Waals surface area (Å²) in [5, 5.41) is 16.6. The Kier molecular flexibility index (Phi) is 8.44. The lowest BCUT2D eigenvalue weighted by atomic mass is 9.90. The number of amides is 4. The second kappa shape index (κ2) is 12.2. The number of aryl methyl sites for hydroxylation is 1. The zero-order valence-electron chi connectivity index (χ0n) is 24.1. The topological polar surface area (TPSA) is 91.3 Å². The van der Waals surface area contributed by atoms with Crippen molar-refractivity contribution in [1.29, 1.82) is 0 Å². The van der Waals surface area contributed by atoms with E-state index in [1.807, 2.05) is 77.9 Å². The SMILES string of the molecule is Cc1ccc(-n2nc(C(C)(C)C)cc2NC(=O)Nc2cccc(CC3CCN(C(=O)Nc4cccs4)CC3)c2)cc1. The molecule has 2 aromatic carbocycles. The van der Waals surface area contributed by atoms with Crippen molar-refractivity contribution in [2.75, 3.05) is 29.0 Å². The van der Waals surface area contributed by atoms with Gasteiger partial charge in [0.25, 0.3) is 0 Å². The molecular weight excluding hydrogens is 532 g/mol. The van der Waals surface area contributed by atoms with E-state index >= 15 is 0 Å². The number of aromatic nitrogens is 2. The summed E-state index contributed by atoms with van der Waals surface area (Å²) >= 11 is 1.53. The molecule has 0 atom stereocenters. The predicted molar refractivity (Wildman–Crippen MR) is 167 cm³/mol. The fourth-order valence-electron chi connectivity index (χ4n) is 4.98. The average molecular weight is 571 g/mol. The Balaban J connectivity index is 1.19. The Morgan fingerprint density at radius 3 is 2.39 bits per heavy atom. The molecule has 5 rings (SSSR count). The molecule has 41 heavy (non-hydrogen) atoms. The number of benzene rings is 2. The van der Waals surface area contributed by atoms with Crippen molar-refractivity contribution in [1.82, 2.24) is 14.7 Å². The Morgan fingerprint density at radius 2 is 1.71 bits per heavy atom. The molecule has 1 saturated heterocycles. The van der Waals surface area contributed by atoms with Crippen molar-refractivity contribution in [2.24, 2.45) is 5.92 Å². The number of carbonyl (C=O) groups is 2. The van der Waals surface area contributed by atoms with Crippen molar-refractivity contribution >= 4 is 39.9 Å². The monoisotopic (exact) mass is 570 g/mol. The molecule has 0 saturated carbocycles. The van der Waals surface area contributed by atoms with Gasteiger partial charge in [0.1, 0.15) is 5.82 Å². The summed E-state index contributed by atoms with van der Waals surface area (Å²) in [6.07, 6.45) is 2.82. The van der Waals surface area contributed by atoms with Crippen LogP contribution in [0.15, 0.2) is 72.1 Å². The number of hydrogen-bond acceptors (Lipinski definition) is 4. The van der Waals surface area contributed by atoms with E-state index in [9.17, 15) is 9.59 Å². The van der Waals surface area contributed by atoms with Crippen LogP contribution in [0, 0.1) is 12.8 Å². The molecule has 1 aliphatic heterocycles. The molecule has 1 aliphatic rings. The number of nitrogens with one attached hydrogen (secondary N) is 3. The van der Waals surface area contributed by atoms with Gasteiger partial charge in [0, 0.05) is 30.3 Å². The van der Waals surface area contributed by atoms with E-state index in [-0.39, 0.29) is 17.5 Å². The fraction of sp³-hybridized carbons (Fsp3) is 0.344. The van der Waals surface area contributed by atoms with E-state index < -0.39 is 0 Å². The highest BCUT2D eigenvalue weighted by atomic mass is 32.1. The van der Waals surface area contributed by atoms with Gasteiger partial charge >= 0.3 is 12.1 Å². The van der Waals surface area contributed by atoms with Crippen LogP contribution in [0.4, 0.5) is 26.1 Å². The van der Waals surface area contributed by atoms with Crippen molar-refractivity contribution in [3.8, 4) is 5.69 Å². The minimum absolute atomic E-state index is 0.0264. The van der Waals surface area contributed by atoms with E-state index in [1.54, 1.807) is 4.68 Å². The fourth-order valence-corrected chi connectivity index (χ4v) is 5.59. The third kappa shape index (κ3) is 7.35. The standard InChI is InChI=1S/C32H38N6O2S/c1-22-10-12-26(13-11-22)38-28(21-27(36-38)32(2,3)4)34-30(39)33-25-8-5-7-24(20-25)19-23-14-16-37(17-15-23)31(40)35-29-9-6-18-41-29/h5-13,18,20-21,23H,14-17,19H2,1-4H3,(H,35,40)(H2,33,34,39). The normalized spacial score (nSPS) is 14.1. The van der Waals surface area contributed by atoms with Gasteiger partial charge in [-0.05, 0) is 79.4 Å². The zero-order valence-corrected chi connectivity index (χ0v) is 24.9. The molecule has 0 radical (unpaired) electrons. The van der Waals surface area contributed by atoms with Crippen LogP contribution in [0.25, 0.3) is 5.69 Å². The van der Waals surface area contributed by atoms with Crippen LogP contribution in [-0.2, 0) is 11.8 Å². The van der Waals surface area contributed by atoms with Gasteiger partial charge in [-0.25, -0.2) is 14.3 Å². The van der Waals surface area contributed by atoms with Gasteiger partial charge in [-0.15, -0.1) is 11.3 Å². The highest BCUT2D eigenvalue weighted by Crippen LogP contribution is 2.27. The first kappa shape index (κ1) is 28.4. The minimum atomic E-state index is -0.319. The molecule has 8 nitrogen and oxygen atoms in total. The highest BCUT2D eigenvalue weighted by Gasteiger charge is 2.24. The average Bonchev–Trinajstić information content (AvgIpc) is 3.60. The van der Waals surface area contributed by atoms with E-state index in [0.717, 1.165) is 60.0 Å². The Morgan fingerprint density at radius 1 is 0.951 bits per heavy atom. The summed E-state index contributed by atoms with van der Waals surface area (Å²) in [6.45, 7) is 9.85. The number of carbonyl (C=O) groups excluding carboxylic acids is 2. The maximum Gasteiger partial charge on any atom is 0.324 e. The van der Waals surface area contributed by atoms with Crippen LogP contribution in [0.2, 0.25) is 0 Å². The molecule has 4 amide bonds. The summed E-state index contributed by atoms with van der Waals surface area (Å²) in [4.78, 5) is 27.5. The van der Waals surface area contributed by atoms with E-state index in [0.29, 0.717) is 11.7 Å². The summed E-state index contributed by atoms with van der Waals surface area (Å²) in [5.41, 5.74) is 4.69. The Labute approximate surface area is 245 Å². The second-order valence-corrected chi connectivity index (χ2v) is 12.7. The second-order valence-electron chi connectivity index (χ2n) is 11.7. The molecular formula is C32H38N6O2S. The van der Waals surface area contributed by atoms with Crippen molar-refractivity contribution in [3.63, 3.8) is 0 Å². The minimum Gasteiger partial charge on any atom is -0.324 e. The maximum atomic E-state index is 13.1. The van der Waals surface area contributed by atoms with Gasteiger partial charge < -0.3 is 10.2 Å². The molecule has 9 heteroatoms. The van der Waals surface area contributed by atoms with Crippen molar-refractivity contribution < 1.29 is 9.59 Å². The number of piperidine rings is 1. The summed E-state index contributed by atoms with van der Waals surface area (Å²) in [7, 11) is 0. The predicted octanol–water partition coefficient (Wildman–Crippen LogP) is 7.67. The van der Waals surface area contributed by atoms with Crippen LogP contribution >= 0.6 is 11.3 Å². The van der Waals surface area contributed by atoms with E-state index in [4.69, 9.17) is 5.10 Å². The maximum absolute atomic E-state index is 13.1. The van der Waals surface area contributed by atoms with Crippen molar-refractivity contribution in [2.45, 2.75) is 52.4 Å². The summed E-state index contributed by atoms with van der Waals surface area (Å²) in [6, 6.07) is 21.5. The van der Waals surface area contributed by atoms with Crippen LogP contribution in [0.5, 0.6) is 0 Å². The number of likely N-dealkylation sites (tertiary alicyclic amines) is 1. The lowest BCUT2D eigenvalue weighted by Crippen LogP contribution is -2.41. The van der Waals surface area contributed by atoms with Crippen LogP contribution in [-0.4, -0.2) is 39.8 Å². The van der Waals surface area contributed by atoms with Gasteiger partial charge in [0.15, 0.2) is 0 Å². The highest BCUT2D eigenvalue weighted by molar-refractivity contribution is 7.14. The molecule has 0 unspecified atom stereocenters. The largest absolute Gasteiger partial charge is 0.324 e. The molecule has 3 heterocycles. The van der Waals surface area contributed by atoms with Gasteiger partial charge in [0.2, 0.25) is 0 Å². The first-order chi connectivity index (χ1) is 19.6. The van der Waals surface area contributed by atoms with Crippen LogP contribution < -0.4 is 16.0 Å². The molecule has 0 aliphatic carbocycles. The first-order valence-electron chi connectivity index (χ1n) is 14.1. The first-order valence-corrected chi connectivity index (χ1v) is 15.0. The number of thiophene rings is 1. The van der Waals surface area contributed by atoms with Gasteiger partial charge in [-0.2, -0.15) is 5.10 Å². The number of rotatable bonds is 6. The van der Waals surface area contributed by atoms with Gasteiger partial charge in [-0.3, -0.25) is 10.6 Å². The number of anilines is 3. The zero-order chi connectivity index (χ0) is 29.0. The van der Waals surface area contributed by atoms with Crippen molar-refractivity contribution in [3.05, 3.63) is 88.9 Å². The molecule has 2 aromatic heterocycles. The molecule has 4 aromatic rings. The third-order valence-electron chi connectivity index (χ3n) is 7.36. The van der Waals surface area contributed by atoms with E-state index in [2.05, 4.69) is 42.8 Å². The lowest BCUT2D eigenvalue weighted by Gasteiger charge is -2.32. The molecule has 0 bridgehead atoms. The van der Waals surface area contributed by atoms with Crippen LogP contribution in [0.3, 0.4) is 0 Å². The lowest BCUT2D eigenvalue weighted by molar-refractivity contribution is 0.182. The molecule has 3 N–H and O–H groups in total. The smallest absolute Gasteiger partial charge is 0.324 e. The number of urea groups is 2.